The van der Waals surface area contributed by atoms with E-state index < -0.39 is 0 Å². The van der Waals surface area contributed by atoms with Crippen LogP contribution in [0.25, 0.3) is 0 Å². The molecule has 0 aliphatic heterocycles. The molecule has 0 aromatic heterocycles. The maximum absolute atomic E-state index is 8.80. The van der Waals surface area contributed by atoms with Crippen LogP contribution in [-0.4, -0.2) is 6.54 Å². The van der Waals surface area contributed by atoms with Gasteiger partial charge in [-0.3, -0.25) is 0 Å². The van der Waals surface area contributed by atoms with Crippen LogP contribution >= 0.6 is 0 Å². The van der Waals surface area contributed by atoms with Crippen LogP contribution in [0, 0.1) is 22.7 Å². The minimum atomic E-state index is 0.488. The lowest BCUT2D eigenvalue weighted by Crippen LogP contribution is -2.28. The lowest BCUT2D eigenvalue weighted by Gasteiger charge is -2.31. The van der Waals surface area contributed by atoms with Gasteiger partial charge in [0.2, 0.25) is 0 Å². The highest BCUT2D eigenvalue weighted by molar-refractivity contribution is 5.47. The van der Waals surface area contributed by atoms with Crippen molar-refractivity contribution < 1.29 is 0 Å². The van der Waals surface area contributed by atoms with Crippen molar-refractivity contribution in [1.82, 2.24) is 0 Å². The van der Waals surface area contributed by atoms with E-state index in [1.807, 2.05) is 24.3 Å². The topological polar surface area (TPSA) is 35.8 Å². The average Bonchev–Trinajstić information content (AvgIpc) is 2.85. The van der Waals surface area contributed by atoms with E-state index >= 15 is 0 Å². The minimum absolute atomic E-state index is 0.488. The summed E-state index contributed by atoms with van der Waals surface area (Å²) >= 11 is 0. The number of nitrogens with zero attached hydrogens (tertiary/aromatic N) is 1. The number of nitrogens with one attached hydrogen (secondary N) is 1. The standard InChI is InChI=1S/C17H24N2/c1-14(2)11-17(9-3-4-10-17)13-19-16-7-5-15(12-18)6-8-16/h5-8,14,19H,3-4,9-11,13H2,1-2H3. The largest absolute Gasteiger partial charge is 0.384 e. The van der Waals surface area contributed by atoms with Crippen LogP contribution in [0.15, 0.2) is 24.3 Å². The number of nitriles is 1. The van der Waals surface area contributed by atoms with Crippen molar-refractivity contribution in [2.24, 2.45) is 11.3 Å². The van der Waals surface area contributed by atoms with Crippen molar-refractivity contribution in [1.29, 1.82) is 5.26 Å². The average molecular weight is 256 g/mol. The monoisotopic (exact) mass is 256 g/mol. The zero-order valence-electron chi connectivity index (χ0n) is 12.1. The fraction of sp³-hybridized carbons (Fsp3) is 0.588. The summed E-state index contributed by atoms with van der Waals surface area (Å²) < 4.78 is 0. The molecule has 1 aromatic carbocycles. The van der Waals surface area contributed by atoms with E-state index in [0.29, 0.717) is 5.41 Å². The van der Waals surface area contributed by atoms with Crippen molar-refractivity contribution in [3.05, 3.63) is 29.8 Å². The Morgan fingerprint density at radius 1 is 1.21 bits per heavy atom. The van der Waals surface area contributed by atoms with Gasteiger partial charge in [0.1, 0.15) is 0 Å². The Morgan fingerprint density at radius 3 is 2.37 bits per heavy atom. The molecule has 19 heavy (non-hydrogen) atoms. The first-order chi connectivity index (χ1) is 9.13. The number of benzene rings is 1. The molecule has 1 aliphatic carbocycles. The molecule has 1 saturated carbocycles. The van der Waals surface area contributed by atoms with Crippen LogP contribution in [0.5, 0.6) is 0 Å². The molecule has 2 nitrogen and oxygen atoms in total. The molecule has 0 heterocycles. The van der Waals surface area contributed by atoms with E-state index in [-0.39, 0.29) is 0 Å². The SMILES string of the molecule is CC(C)CC1(CNc2ccc(C#N)cc2)CCCC1. The normalized spacial score (nSPS) is 17.4. The maximum Gasteiger partial charge on any atom is 0.0991 e. The van der Waals surface area contributed by atoms with E-state index in [2.05, 4.69) is 25.2 Å². The van der Waals surface area contributed by atoms with Gasteiger partial charge in [0, 0.05) is 12.2 Å². The summed E-state index contributed by atoms with van der Waals surface area (Å²) in [4.78, 5) is 0. The molecular formula is C17H24N2. The Bertz CT molecular complexity index is 433. The summed E-state index contributed by atoms with van der Waals surface area (Å²) in [6.07, 6.45) is 6.78. The van der Waals surface area contributed by atoms with Crippen molar-refractivity contribution >= 4 is 5.69 Å². The van der Waals surface area contributed by atoms with Gasteiger partial charge in [-0.15, -0.1) is 0 Å². The van der Waals surface area contributed by atoms with E-state index in [1.165, 1.54) is 32.1 Å². The van der Waals surface area contributed by atoms with E-state index in [0.717, 1.165) is 23.7 Å². The second kappa shape index (κ2) is 6.10. The zero-order valence-corrected chi connectivity index (χ0v) is 12.1. The predicted octanol–water partition coefficient (Wildman–Crippen LogP) is 4.58. The smallest absolute Gasteiger partial charge is 0.0991 e. The van der Waals surface area contributed by atoms with Gasteiger partial charge in [0.15, 0.2) is 0 Å². The van der Waals surface area contributed by atoms with E-state index in [1.54, 1.807) is 0 Å². The van der Waals surface area contributed by atoms with Gasteiger partial charge >= 0.3 is 0 Å². The molecule has 102 valence electrons. The van der Waals surface area contributed by atoms with Gasteiger partial charge in [-0.25, -0.2) is 0 Å². The number of hydrogen-bond acceptors (Lipinski definition) is 2. The highest BCUT2D eigenvalue weighted by Crippen LogP contribution is 2.43. The van der Waals surface area contributed by atoms with Crippen LogP contribution in [0.3, 0.4) is 0 Å². The van der Waals surface area contributed by atoms with Crippen LogP contribution in [0.2, 0.25) is 0 Å². The van der Waals surface area contributed by atoms with E-state index in [9.17, 15) is 0 Å². The second-order valence-electron chi connectivity index (χ2n) is 6.35. The Hall–Kier alpha value is -1.49. The van der Waals surface area contributed by atoms with Crippen LogP contribution in [0.1, 0.15) is 51.5 Å². The predicted molar refractivity (Wildman–Crippen MR) is 80.0 cm³/mol. The third kappa shape index (κ3) is 3.73. The van der Waals surface area contributed by atoms with Gasteiger partial charge in [-0.2, -0.15) is 5.26 Å². The van der Waals surface area contributed by atoms with Crippen molar-refractivity contribution in [3.63, 3.8) is 0 Å². The molecule has 0 bridgehead atoms. The molecule has 0 amide bonds. The van der Waals surface area contributed by atoms with Crippen molar-refractivity contribution in [2.75, 3.05) is 11.9 Å². The fourth-order valence-electron chi connectivity index (χ4n) is 3.40. The summed E-state index contributed by atoms with van der Waals surface area (Å²) in [5.41, 5.74) is 2.35. The lowest BCUT2D eigenvalue weighted by molar-refractivity contribution is 0.252. The summed E-state index contributed by atoms with van der Waals surface area (Å²) in [6, 6.07) is 9.94. The molecule has 1 N–H and O–H groups in total. The highest BCUT2D eigenvalue weighted by atomic mass is 14.9. The Morgan fingerprint density at radius 2 is 1.84 bits per heavy atom. The minimum Gasteiger partial charge on any atom is -0.384 e. The molecule has 1 fully saturated rings. The maximum atomic E-state index is 8.80. The van der Waals surface area contributed by atoms with Crippen molar-refractivity contribution in [2.45, 2.75) is 46.0 Å². The lowest BCUT2D eigenvalue weighted by atomic mass is 9.78. The molecule has 1 aliphatic rings. The quantitative estimate of drug-likeness (QED) is 0.837. The van der Waals surface area contributed by atoms with Gasteiger partial charge in [-0.05, 0) is 54.9 Å². The van der Waals surface area contributed by atoms with Gasteiger partial charge in [0.05, 0.1) is 11.6 Å². The molecule has 0 atom stereocenters. The number of hydrogen-bond donors (Lipinski definition) is 1. The molecule has 0 spiro atoms. The van der Waals surface area contributed by atoms with Gasteiger partial charge < -0.3 is 5.32 Å². The number of anilines is 1. The van der Waals surface area contributed by atoms with Crippen LogP contribution < -0.4 is 5.32 Å². The second-order valence-corrected chi connectivity index (χ2v) is 6.35. The van der Waals surface area contributed by atoms with Gasteiger partial charge in [0.25, 0.3) is 0 Å². The Balaban J connectivity index is 1.96. The zero-order chi connectivity index (χ0) is 13.7. The molecule has 0 unspecified atom stereocenters. The summed E-state index contributed by atoms with van der Waals surface area (Å²) in [6.45, 7) is 5.71. The molecule has 2 rings (SSSR count). The van der Waals surface area contributed by atoms with Crippen LogP contribution in [-0.2, 0) is 0 Å². The summed E-state index contributed by atoms with van der Waals surface area (Å²) in [7, 11) is 0. The molecule has 2 heteroatoms. The Kier molecular flexibility index (Phi) is 4.47. The van der Waals surface area contributed by atoms with Crippen molar-refractivity contribution in [3.8, 4) is 6.07 Å². The summed E-state index contributed by atoms with van der Waals surface area (Å²) in [5.74, 6) is 0.765. The first kappa shape index (κ1) is 13.9. The van der Waals surface area contributed by atoms with Crippen LogP contribution in [0.4, 0.5) is 5.69 Å². The first-order valence-electron chi connectivity index (χ1n) is 7.38. The molecule has 0 saturated heterocycles. The van der Waals surface area contributed by atoms with E-state index in [4.69, 9.17) is 5.26 Å². The third-order valence-electron chi connectivity index (χ3n) is 4.19. The highest BCUT2D eigenvalue weighted by Gasteiger charge is 2.33. The molecule has 1 aromatic rings. The fourth-order valence-corrected chi connectivity index (χ4v) is 3.40. The summed E-state index contributed by atoms with van der Waals surface area (Å²) in [5, 5.41) is 12.4. The molecule has 0 radical (unpaired) electrons. The molecular weight excluding hydrogens is 232 g/mol. The first-order valence-corrected chi connectivity index (χ1v) is 7.38. The third-order valence-corrected chi connectivity index (χ3v) is 4.19. The van der Waals surface area contributed by atoms with Gasteiger partial charge in [-0.1, -0.05) is 26.7 Å². The Labute approximate surface area is 116 Å². The number of rotatable bonds is 5.